The fraction of sp³-hybridized carbons (Fsp3) is 0.296. The Balaban J connectivity index is 1.63. The van der Waals surface area contributed by atoms with Gasteiger partial charge in [0.15, 0.2) is 0 Å². The number of amides is 1. The molecule has 1 amide bonds. The minimum absolute atomic E-state index is 0.0130. The maximum absolute atomic E-state index is 13.0. The van der Waals surface area contributed by atoms with Crippen molar-refractivity contribution >= 4 is 21.6 Å². The van der Waals surface area contributed by atoms with Crippen LogP contribution in [0.4, 0.5) is 10.2 Å². The largest absolute Gasteiger partial charge is 0.495 e. The number of nitrogens with one attached hydrogen (secondary N) is 1. The van der Waals surface area contributed by atoms with Crippen LogP contribution in [0, 0.1) is 0 Å². The number of hydrogen-bond donors (Lipinski definition) is 2. The van der Waals surface area contributed by atoms with Gasteiger partial charge in [-0.3, -0.25) is 4.79 Å². The molecule has 1 fully saturated rings. The molecule has 3 aromatic rings. The van der Waals surface area contributed by atoms with Crippen LogP contribution in [0.1, 0.15) is 34.3 Å². The van der Waals surface area contributed by atoms with Gasteiger partial charge in [-0.15, -0.1) is 0 Å². The molecule has 0 unspecified atom stereocenters. The maximum atomic E-state index is 13.0. The first-order chi connectivity index (χ1) is 17.7. The quantitative estimate of drug-likeness (QED) is 0.385. The van der Waals surface area contributed by atoms with Crippen molar-refractivity contribution in [3.8, 4) is 16.9 Å². The van der Waals surface area contributed by atoms with E-state index in [1.807, 2.05) is 36.4 Å². The molecular weight excluding hydrogens is 497 g/mol. The number of carbonyl (C=O) groups is 1. The minimum atomic E-state index is -4.00. The lowest BCUT2D eigenvalue weighted by Gasteiger charge is -2.19. The van der Waals surface area contributed by atoms with Crippen LogP contribution in [0.25, 0.3) is 11.1 Å². The number of primary sulfonamides is 1. The number of sulfonamides is 1. The van der Waals surface area contributed by atoms with Crippen molar-refractivity contribution in [1.29, 1.82) is 0 Å². The van der Waals surface area contributed by atoms with Crippen molar-refractivity contribution in [1.82, 2.24) is 4.90 Å². The molecule has 0 atom stereocenters. The Kier molecular flexibility index (Phi) is 8.23. The van der Waals surface area contributed by atoms with E-state index in [1.165, 1.54) is 38.2 Å². The van der Waals surface area contributed by atoms with Crippen molar-refractivity contribution < 1.29 is 27.4 Å². The van der Waals surface area contributed by atoms with Crippen LogP contribution in [0.3, 0.4) is 0 Å². The number of hydrogen-bond acceptors (Lipinski definition) is 6. The van der Waals surface area contributed by atoms with E-state index in [2.05, 4.69) is 22.2 Å². The molecule has 10 heteroatoms. The van der Waals surface area contributed by atoms with E-state index >= 15 is 0 Å². The smallest absolute Gasteiger partial charge is 0.255 e. The molecule has 3 N–H and O–H groups in total. The Bertz CT molecular complexity index is 1390. The summed E-state index contributed by atoms with van der Waals surface area (Å²) in [5.41, 5.74) is 4.32. The number of methoxy groups -OCH3 is 1. The monoisotopic (exact) mass is 527 g/mol. The molecule has 0 aromatic heterocycles. The molecule has 37 heavy (non-hydrogen) atoms. The molecule has 0 bridgehead atoms. The standard InChI is InChI=1S/C27H30FN3O5S/c1-31(22-9-10-22)14-13-18-15-21(8-11-24(18)23-6-4-3-5-20(23)17-36-28)30-27(32)19-7-12-26(37(29,33)34)25(16-19)35-2/h3-8,11-12,15-16,22H,9-10,13-14,17H2,1-2H3,(H,30,32)(H2,29,33,34). The Morgan fingerprint density at radius 2 is 1.81 bits per heavy atom. The van der Waals surface area contributed by atoms with Crippen LogP contribution >= 0.6 is 0 Å². The van der Waals surface area contributed by atoms with E-state index in [0.717, 1.165) is 35.2 Å². The topological polar surface area (TPSA) is 111 Å². The fourth-order valence-corrected chi connectivity index (χ4v) is 5.03. The number of carbonyl (C=O) groups excluding carboxylic acids is 1. The molecule has 1 saturated carbocycles. The van der Waals surface area contributed by atoms with Crippen LogP contribution in [0.2, 0.25) is 0 Å². The molecule has 196 valence electrons. The molecular formula is C27H30FN3O5S. The van der Waals surface area contributed by atoms with Crippen molar-refractivity contribution in [3.05, 3.63) is 77.4 Å². The second kappa shape index (κ2) is 11.4. The summed E-state index contributed by atoms with van der Waals surface area (Å²) in [6, 6.07) is 17.6. The summed E-state index contributed by atoms with van der Waals surface area (Å²) in [7, 11) is -0.589. The summed E-state index contributed by atoms with van der Waals surface area (Å²) in [5, 5.41) is 8.10. The van der Waals surface area contributed by atoms with Crippen molar-refractivity contribution in [2.24, 2.45) is 5.14 Å². The summed E-state index contributed by atoms with van der Waals surface area (Å²) in [6.07, 6.45) is 3.13. The van der Waals surface area contributed by atoms with Crippen LogP contribution in [-0.2, 0) is 28.0 Å². The Morgan fingerprint density at radius 1 is 1.08 bits per heavy atom. The maximum Gasteiger partial charge on any atom is 0.255 e. The van der Waals surface area contributed by atoms with Gasteiger partial charge in [-0.25, -0.2) is 13.6 Å². The number of benzene rings is 3. The summed E-state index contributed by atoms with van der Waals surface area (Å²) in [6.45, 7) is 0.676. The molecule has 0 spiro atoms. The van der Waals surface area contributed by atoms with E-state index < -0.39 is 15.9 Å². The normalized spacial score (nSPS) is 13.5. The van der Waals surface area contributed by atoms with E-state index in [-0.39, 0.29) is 22.8 Å². The van der Waals surface area contributed by atoms with Gasteiger partial charge in [-0.05, 0) is 83.4 Å². The van der Waals surface area contributed by atoms with Gasteiger partial charge < -0.3 is 15.0 Å². The van der Waals surface area contributed by atoms with Gasteiger partial charge in [0.2, 0.25) is 10.0 Å². The van der Waals surface area contributed by atoms with E-state index in [9.17, 15) is 17.7 Å². The first-order valence-corrected chi connectivity index (χ1v) is 13.4. The van der Waals surface area contributed by atoms with Crippen molar-refractivity contribution in [3.63, 3.8) is 0 Å². The lowest BCUT2D eigenvalue weighted by molar-refractivity contribution is -0.143. The SMILES string of the molecule is COc1cc(C(=O)Nc2ccc(-c3ccccc3COF)c(CCN(C)C3CC3)c2)ccc1S(N)(=O)=O. The van der Waals surface area contributed by atoms with Crippen LogP contribution in [0.15, 0.2) is 65.6 Å². The van der Waals surface area contributed by atoms with Gasteiger partial charge >= 0.3 is 0 Å². The summed E-state index contributed by atoms with van der Waals surface area (Å²) in [4.78, 5) is 19.0. The van der Waals surface area contributed by atoms with Crippen LogP contribution in [-0.4, -0.2) is 46.0 Å². The summed E-state index contributed by atoms with van der Waals surface area (Å²) < 4.78 is 41.4. The lowest BCUT2D eigenvalue weighted by Crippen LogP contribution is -2.23. The Hall–Kier alpha value is -3.31. The van der Waals surface area contributed by atoms with Crippen LogP contribution < -0.4 is 15.2 Å². The zero-order valence-electron chi connectivity index (χ0n) is 20.7. The highest BCUT2D eigenvalue weighted by Crippen LogP contribution is 2.32. The summed E-state index contributed by atoms with van der Waals surface area (Å²) >= 11 is 0. The molecule has 1 aliphatic rings. The Morgan fingerprint density at radius 3 is 2.49 bits per heavy atom. The van der Waals surface area contributed by atoms with Gasteiger partial charge in [-0.1, -0.05) is 30.3 Å². The second-order valence-electron chi connectivity index (χ2n) is 9.11. The highest BCUT2D eigenvalue weighted by atomic mass is 32.2. The fourth-order valence-electron chi connectivity index (χ4n) is 4.35. The molecule has 8 nitrogen and oxygen atoms in total. The van der Waals surface area contributed by atoms with Crippen LogP contribution in [0.5, 0.6) is 5.75 Å². The number of rotatable bonds is 11. The van der Waals surface area contributed by atoms with Gasteiger partial charge in [0, 0.05) is 23.8 Å². The molecule has 0 aliphatic heterocycles. The van der Waals surface area contributed by atoms with Gasteiger partial charge in [-0.2, -0.15) is 4.94 Å². The van der Waals surface area contributed by atoms with Gasteiger partial charge in [0.25, 0.3) is 5.91 Å². The predicted octanol–water partition coefficient (Wildman–Crippen LogP) is 4.30. The molecule has 4 rings (SSSR count). The number of nitrogens with zero attached hydrogens (tertiary/aromatic N) is 1. The van der Waals surface area contributed by atoms with E-state index in [0.29, 0.717) is 11.7 Å². The molecule has 0 heterocycles. The minimum Gasteiger partial charge on any atom is -0.495 e. The third-order valence-electron chi connectivity index (χ3n) is 6.52. The average molecular weight is 528 g/mol. The molecule has 0 radical (unpaired) electrons. The number of anilines is 1. The molecule has 0 saturated heterocycles. The lowest BCUT2D eigenvalue weighted by atomic mass is 9.93. The third-order valence-corrected chi connectivity index (χ3v) is 7.47. The van der Waals surface area contributed by atoms with Crippen molar-refractivity contribution in [2.75, 3.05) is 26.0 Å². The number of halogens is 1. The average Bonchev–Trinajstić information content (AvgIpc) is 3.73. The zero-order chi connectivity index (χ0) is 26.6. The summed E-state index contributed by atoms with van der Waals surface area (Å²) in [5.74, 6) is -0.444. The first-order valence-electron chi connectivity index (χ1n) is 11.9. The third kappa shape index (κ3) is 6.53. The van der Waals surface area contributed by atoms with E-state index in [1.54, 1.807) is 6.07 Å². The predicted molar refractivity (Wildman–Crippen MR) is 139 cm³/mol. The number of ether oxygens (including phenoxy) is 1. The number of likely N-dealkylation sites (N-methyl/N-ethyl adjacent to an activating group) is 1. The van der Waals surface area contributed by atoms with Gasteiger partial charge in [0.05, 0.1) is 7.11 Å². The zero-order valence-corrected chi connectivity index (χ0v) is 21.6. The highest BCUT2D eigenvalue weighted by Gasteiger charge is 2.26. The second-order valence-corrected chi connectivity index (χ2v) is 10.6. The first kappa shape index (κ1) is 26.7. The Labute approximate surface area is 216 Å². The van der Waals surface area contributed by atoms with Gasteiger partial charge in [0.1, 0.15) is 17.3 Å². The van der Waals surface area contributed by atoms with E-state index in [4.69, 9.17) is 9.88 Å². The molecule has 1 aliphatic carbocycles. The number of nitrogens with two attached hydrogens (primary N) is 1. The highest BCUT2D eigenvalue weighted by molar-refractivity contribution is 7.89. The van der Waals surface area contributed by atoms with Crippen molar-refractivity contribution in [2.45, 2.75) is 36.8 Å². The molecule has 3 aromatic carbocycles.